The summed E-state index contributed by atoms with van der Waals surface area (Å²) in [7, 11) is 0. The lowest BCUT2D eigenvalue weighted by Crippen LogP contribution is -2.68. The molecule has 24 atom stereocenters. The zero-order valence-electron chi connectivity index (χ0n) is 39.7. The molecule has 3 saturated heterocycles. The number of aliphatic hydroxyl groups is 8. The minimum absolute atomic E-state index is 0.0282. The van der Waals surface area contributed by atoms with E-state index in [4.69, 9.17) is 28.4 Å². The van der Waals surface area contributed by atoms with E-state index in [-0.39, 0.29) is 39.1 Å². The second-order valence-electron chi connectivity index (χ2n) is 23.8. The fraction of sp³-hybridized carbons (Fsp3) is 0.917. The van der Waals surface area contributed by atoms with Crippen molar-refractivity contribution in [2.24, 2.45) is 50.2 Å². The molecular weight excluding hydrogens is 865 g/mol. The molecule has 3 heterocycles. The Kier molecular flexibility index (Phi) is 13.1. The molecule has 7 fully saturated rings. The number of carboxylic acid groups (broad SMARTS) is 2. The fourth-order valence-corrected chi connectivity index (χ4v) is 15.1. The van der Waals surface area contributed by atoms with Crippen molar-refractivity contribution < 1.29 is 89.1 Å². The third-order valence-corrected chi connectivity index (χ3v) is 19.3. The second kappa shape index (κ2) is 17.2. The minimum Gasteiger partial charge on any atom is -0.479 e. The van der Waals surface area contributed by atoms with Gasteiger partial charge >= 0.3 is 11.9 Å². The van der Waals surface area contributed by atoms with Crippen molar-refractivity contribution in [2.45, 2.75) is 224 Å². The maximum absolute atomic E-state index is 12.5. The van der Waals surface area contributed by atoms with Crippen LogP contribution in [0.15, 0.2) is 11.6 Å². The van der Waals surface area contributed by atoms with E-state index >= 15 is 0 Å². The number of hydrogen-bond donors (Lipinski definition) is 10. The van der Waals surface area contributed by atoms with Gasteiger partial charge in [-0.2, -0.15) is 0 Å². The standard InChI is InChI=1S/C48H76O18/c1-20-27(50)28(51)33(56)40(61-20)65-37-32(55)30(53)35(39(59)60)64-42(37)66-36-31(54)29(52)34(38(57)58)63-41(36)62-26-13-14-46(7)23(44(26,4)5)12-15-48(9)24(46)11-10-21-22-18-43(2,3)19-25(49)45(22,6)16-17-47(21,48)8/h10,20,22-37,40-42,49-56H,11-19H2,1-9H3,(H,57,58)(H,59,60)/t20-,22-,23?,24?,25+,26-,27-,28+,29-,30+,31-,32-,33+,34-,35-,36+,37+,40-,41+,42-,45+,46-,47+,48+/m0/s1. The maximum Gasteiger partial charge on any atom is 0.335 e. The van der Waals surface area contributed by atoms with Crippen LogP contribution in [0.25, 0.3) is 0 Å². The largest absolute Gasteiger partial charge is 0.479 e. The molecule has 376 valence electrons. The first kappa shape index (κ1) is 50.5. The van der Waals surface area contributed by atoms with Crippen molar-refractivity contribution in [1.29, 1.82) is 0 Å². The predicted octanol–water partition coefficient (Wildman–Crippen LogP) is 1.82. The summed E-state index contributed by atoms with van der Waals surface area (Å²) in [6, 6.07) is 0. The van der Waals surface area contributed by atoms with E-state index < -0.39 is 116 Å². The zero-order valence-corrected chi connectivity index (χ0v) is 39.7. The SMILES string of the molecule is C[C@@H]1O[C@@H](O[C@H]2[C@H](O[C@H]3[C@H](O[C@H]4CC[C@@]5(C)C(CC[C@]6(C)C5CC=C5[C@@H]7CC(C)(C)C[C@@H](O)[C@]7(C)CC[C@]56C)C4(C)C)O[C@H](C(=O)O)[C@@H](O)[C@@H]3O)O[C@H](C(=O)O)[C@H](O)[C@@H]2O)[C@H](O)[C@H](O)[C@H]1O. The Morgan fingerprint density at radius 2 is 1.15 bits per heavy atom. The van der Waals surface area contributed by atoms with Gasteiger partial charge in [0.15, 0.2) is 31.1 Å². The van der Waals surface area contributed by atoms with Crippen LogP contribution in [0.5, 0.6) is 0 Å². The Balaban J connectivity index is 1.07. The van der Waals surface area contributed by atoms with Gasteiger partial charge in [0.2, 0.25) is 0 Å². The van der Waals surface area contributed by atoms with E-state index in [1.807, 2.05) is 0 Å². The van der Waals surface area contributed by atoms with Gasteiger partial charge in [0.05, 0.1) is 18.3 Å². The van der Waals surface area contributed by atoms with E-state index in [9.17, 15) is 60.7 Å². The first-order valence-corrected chi connectivity index (χ1v) is 24.1. The zero-order chi connectivity index (χ0) is 48.6. The maximum atomic E-state index is 12.5. The number of hydrogen-bond acceptors (Lipinski definition) is 16. The van der Waals surface area contributed by atoms with Gasteiger partial charge in [-0.15, -0.1) is 0 Å². The first-order valence-electron chi connectivity index (χ1n) is 24.1. The molecule has 0 spiro atoms. The highest BCUT2D eigenvalue weighted by atomic mass is 16.8. The number of carbonyl (C=O) groups is 2. The highest BCUT2D eigenvalue weighted by Crippen LogP contribution is 2.76. The van der Waals surface area contributed by atoms with Crippen LogP contribution in [0.3, 0.4) is 0 Å². The molecule has 0 radical (unpaired) electrons. The lowest BCUT2D eigenvalue weighted by molar-refractivity contribution is -0.392. The molecule has 0 aromatic rings. The van der Waals surface area contributed by atoms with Crippen LogP contribution >= 0.6 is 0 Å². The second-order valence-corrected chi connectivity index (χ2v) is 23.8. The Labute approximate surface area is 386 Å². The van der Waals surface area contributed by atoms with Crippen LogP contribution in [0, 0.1) is 50.2 Å². The monoisotopic (exact) mass is 941 g/mol. The summed E-state index contributed by atoms with van der Waals surface area (Å²) in [6.45, 7) is 19.8. The van der Waals surface area contributed by atoms with Crippen molar-refractivity contribution in [3.63, 3.8) is 0 Å². The van der Waals surface area contributed by atoms with Gasteiger partial charge in [-0.05, 0) is 110 Å². The highest BCUT2D eigenvalue weighted by molar-refractivity contribution is 5.74. The predicted molar refractivity (Wildman–Crippen MR) is 230 cm³/mol. The Bertz CT molecular complexity index is 1880. The van der Waals surface area contributed by atoms with E-state index in [0.29, 0.717) is 18.3 Å². The van der Waals surface area contributed by atoms with E-state index in [1.165, 1.54) is 12.5 Å². The van der Waals surface area contributed by atoms with Gasteiger partial charge in [-0.3, -0.25) is 0 Å². The van der Waals surface area contributed by atoms with E-state index in [1.54, 1.807) is 0 Å². The first-order chi connectivity index (χ1) is 30.5. The molecule has 8 aliphatic rings. The molecule has 0 amide bonds. The Hall–Kier alpha value is -1.88. The van der Waals surface area contributed by atoms with Gasteiger partial charge < -0.3 is 79.5 Å². The number of aliphatic carboxylic acids is 2. The fourth-order valence-electron chi connectivity index (χ4n) is 15.1. The molecule has 10 N–H and O–H groups in total. The van der Waals surface area contributed by atoms with Crippen molar-refractivity contribution in [1.82, 2.24) is 0 Å². The summed E-state index contributed by atoms with van der Waals surface area (Å²) >= 11 is 0. The van der Waals surface area contributed by atoms with Gasteiger partial charge in [0.1, 0.15) is 54.9 Å². The molecule has 66 heavy (non-hydrogen) atoms. The summed E-state index contributed by atoms with van der Waals surface area (Å²) in [5.74, 6) is -2.57. The van der Waals surface area contributed by atoms with Crippen LogP contribution < -0.4 is 0 Å². The summed E-state index contributed by atoms with van der Waals surface area (Å²) in [5, 5.41) is 108. The van der Waals surface area contributed by atoms with Crippen LogP contribution in [0.4, 0.5) is 0 Å². The average molecular weight is 941 g/mol. The highest BCUT2D eigenvalue weighted by Gasteiger charge is 2.69. The van der Waals surface area contributed by atoms with Crippen molar-refractivity contribution >= 4 is 11.9 Å². The molecule has 3 aliphatic heterocycles. The van der Waals surface area contributed by atoms with Crippen molar-refractivity contribution in [3.05, 3.63) is 11.6 Å². The van der Waals surface area contributed by atoms with Gasteiger partial charge in [-0.25, -0.2) is 9.59 Å². The van der Waals surface area contributed by atoms with Crippen molar-refractivity contribution in [2.75, 3.05) is 0 Å². The molecular formula is C48H76O18. The molecule has 2 unspecified atom stereocenters. The quantitative estimate of drug-likeness (QED) is 0.123. The molecule has 0 bridgehead atoms. The minimum atomic E-state index is -2.13. The molecule has 18 nitrogen and oxygen atoms in total. The molecule has 8 rings (SSSR count). The summed E-state index contributed by atoms with van der Waals surface area (Å²) in [6.07, 6.45) is -18.7. The van der Waals surface area contributed by atoms with Gasteiger partial charge in [-0.1, -0.05) is 67.0 Å². The molecule has 18 heteroatoms. The van der Waals surface area contributed by atoms with Crippen LogP contribution in [-0.4, -0.2) is 167 Å². The van der Waals surface area contributed by atoms with Crippen LogP contribution in [-0.2, 0) is 38.0 Å². The smallest absolute Gasteiger partial charge is 0.335 e. The average Bonchev–Trinajstić information content (AvgIpc) is 3.22. The summed E-state index contributed by atoms with van der Waals surface area (Å²) < 4.78 is 35.8. The lowest BCUT2D eigenvalue weighted by atomic mass is 9.33. The molecule has 5 aliphatic carbocycles. The summed E-state index contributed by atoms with van der Waals surface area (Å²) in [5.41, 5.74) is 0.579. The number of fused-ring (bicyclic) bond motifs is 7. The number of carboxylic acids is 2. The number of aliphatic hydroxyl groups excluding tert-OH is 8. The van der Waals surface area contributed by atoms with E-state index in [0.717, 1.165) is 51.4 Å². The third-order valence-electron chi connectivity index (χ3n) is 19.3. The Morgan fingerprint density at radius 3 is 1.73 bits per heavy atom. The topological polar surface area (TPSA) is 292 Å². The number of allylic oxidation sites excluding steroid dienone is 2. The van der Waals surface area contributed by atoms with Crippen molar-refractivity contribution in [3.8, 4) is 0 Å². The third kappa shape index (κ3) is 7.74. The molecule has 0 aromatic heterocycles. The lowest BCUT2D eigenvalue weighted by Gasteiger charge is -2.71. The summed E-state index contributed by atoms with van der Waals surface area (Å²) in [4.78, 5) is 24.7. The van der Waals surface area contributed by atoms with Gasteiger partial charge in [0, 0.05) is 5.41 Å². The van der Waals surface area contributed by atoms with Gasteiger partial charge in [0.25, 0.3) is 0 Å². The molecule has 0 aromatic carbocycles. The van der Waals surface area contributed by atoms with Crippen LogP contribution in [0.1, 0.15) is 120 Å². The van der Waals surface area contributed by atoms with E-state index in [2.05, 4.69) is 61.5 Å². The Morgan fingerprint density at radius 1 is 0.591 bits per heavy atom. The van der Waals surface area contributed by atoms with Crippen LogP contribution in [0.2, 0.25) is 0 Å². The molecule has 4 saturated carbocycles. The number of rotatable bonds is 8. The number of ether oxygens (including phenoxy) is 6. The normalized spacial score (nSPS) is 54.4.